The number of halogens is 1. The van der Waals surface area contributed by atoms with E-state index < -0.39 is 11.7 Å². The molecule has 0 spiro atoms. The van der Waals surface area contributed by atoms with Gasteiger partial charge in [-0.25, -0.2) is 4.79 Å². The average molecular weight is 401 g/mol. The maximum atomic E-state index is 11.8. The molecular formula is C15H21BrN4O2S. The second-order valence-corrected chi connectivity index (χ2v) is 7.93. The standard InChI is InChI=1S/C15H21BrN4O2S/c1-9(12-11(16)5-6-23-12)17-7-10-8-18-20-13(10)19-14(21)22-15(2,3)4/h5-6,8-9,17H,7H2,1-4H3,(H2,18,19,20,21). The van der Waals surface area contributed by atoms with Crippen molar-refractivity contribution in [2.75, 3.05) is 5.32 Å². The van der Waals surface area contributed by atoms with Crippen molar-refractivity contribution in [3.8, 4) is 0 Å². The highest BCUT2D eigenvalue weighted by atomic mass is 79.9. The molecule has 2 heterocycles. The fraction of sp³-hybridized carbons (Fsp3) is 0.467. The highest BCUT2D eigenvalue weighted by molar-refractivity contribution is 9.10. The van der Waals surface area contributed by atoms with Crippen molar-refractivity contribution >= 4 is 39.2 Å². The maximum absolute atomic E-state index is 11.8. The quantitative estimate of drug-likeness (QED) is 0.693. The second kappa shape index (κ2) is 7.46. The molecule has 8 heteroatoms. The van der Waals surface area contributed by atoms with Crippen LogP contribution in [-0.2, 0) is 11.3 Å². The zero-order chi connectivity index (χ0) is 17.0. The third kappa shape index (κ3) is 5.33. The Kier molecular flexibility index (Phi) is 5.83. The van der Waals surface area contributed by atoms with E-state index in [0.717, 1.165) is 10.0 Å². The minimum absolute atomic E-state index is 0.189. The molecule has 1 amide bonds. The normalized spacial score (nSPS) is 12.9. The Labute approximate surface area is 148 Å². The summed E-state index contributed by atoms with van der Waals surface area (Å²) in [6.07, 6.45) is 1.19. The summed E-state index contributed by atoms with van der Waals surface area (Å²) >= 11 is 5.23. The van der Waals surface area contributed by atoms with Gasteiger partial charge in [0.15, 0.2) is 0 Å². The molecule has 0 aromatic carbocycles. The van der Waals surface area contributed by atoms with Crippen LogP contribution in [0.4, 0.5) is 10.6 Å². The first kappa shape index (κ1) is 18.0. The van der Waals surface area contributed by atoms with E-state index in [1.807, 2.05) is 32.2 Å². The van der Waals surface area contributed by atoms with Crippen LogP contribution >= 0.6 is 27.3 Å². The van der Waals surface area contributed by atoms with E-state index in [9.17, 15) is 4.79 Å². The van der Waals surface area contributed by atoms with Gasteiger partial charge in [-0.1, -0.05) is 0 Å². The van der Waals surface area contributed by atoms with Crippen molar-refractivity contribution in [3.05, 3.63) is 32.6 Å². The van der Waals surface area contributed by atoms with E-state index >= 15 is 0 Å². The van der Waals surface area contributed by atoms with Crippen molar-refractivity contribution in [1.82, 2.24) is 15.5 Å². The summed E-state index contributed by atoms with van der Waals surface area (Å²) in [6, 6.07) is 2.22. The first-order valence-corrected chi connectivity index (χ1v) is 8.92. The molecule has 0 aliphatic heterocycles. The largest absolute Gasteiger partial charge is 0.444 e. The molecule has 2 rings (SSSR count). The van der Waals surface area contributed by atoms with Crippen molar-refractivity contribution in [3.63, 3.8) is 0 Å². The summed E-state index contributed by atoms with van der Waals surface area (Å²) < 4.78 is 6.34. The number of aromatic nitrogens is 2. The van der Waals surface area contributed by atoms with Gasteiger partial charge in [0.1, 0.15) is 11.4 Å². The molecule has 0 bridgehead atoms. The zero-order valence-corrected chi connectivity index (χ0v) is 16.0. The SMILES string of the molecule is CC(NCc1cn[nH]c1NC(=O)OC(C)(C)C)c1sccc1Br. The fourth-order valence-corrected chi connectivity index (χ4v) is 3.68. The summed E-state index contributed by atoms with van der Waals surface area (Å²) in [5.41, 5.74) is 0.332. The summed E-state index contributed by atoms with van der Waals surface area (Å²) in [6.45, 7) is 8.14. The molecule has 1 atom stereocenters. The third-order valence-electron chi connectivity index (χ3n) is 2.98. The average Bonchev–Trinajstić information content (AvgIpc) is 3.03. The lowest BCUT2D eigenvalue weighted by atomic mass is 10.2. The Morgan fingerprint density at radius 2 is 2.26 bits per heavy atom. The number of ether oxygens (including phenoxy) is 1. The maximum Gasteiger partial charge on any atom is 0.413 e. The molecule has 0 aliphatic carbocycles. The number of amides is 1. The molecule has 0 saturated carbocycles. The van der Waals surface area contributed by atoms with Gasteiger partial charge in [-0.15, -0.1) is 11.3 Å². The molecule has 0 saturated heterocycles. The highest BCUT2D eigenvalue weighted by Crippen LogP contribution is 2.29. The molecule has 23 heavy (non-hydrogen) atoms. The van der Waals surface area contributed by atoms with Crippen LogP contribution in [0.3, 0.4) is 0 Å². The number of thiophene rings is 1. The minimum Gasteiger partial charge on any atom is -0.444 e. The van der Waals surface area contributed by atoms with Gasteiger partial charge in [-0.05, 0) is 55.1 Å². The van der Waals surface area contributed by atoms with Gasteiger partial charge in [0.05, 0.1) is 6.20 Å². The number of hydrogen-bond donors (Lipinski definition) is 3. The van der Waals surface area contributed by atoms with Crippen molar-refractivity contribution in [2.45, 2.75) is 45.9 Å². The van der Waals surface area contributed by atoms with Crippen LogP contribution in [0.2, 0.25) is 0 Å². The Balaban J connectivity index is 1.93. The van der Waals surface area contributed by atoms with Crippen LogP contribution in [0.5, 0.6) is 0 Å². The Bertz CT molecular complexity index is 662. The fourth-order valence-electron chi connectivity index (χ4n) is 1.93. The van der Waals surface area contributed by atoms with E-state index in [1.165, 1.54) is 4.88 Å². The lowest BCUT2D eigenvalue weighted by Gasteiger charge is -2.19. The van der Waals surface area contributed by atoms with Gasteiger partial charge in [0.25, 0.3) is 0 Å². The van der Waals surface area contributed by atoms with E-state index in [0.29, 0.717) is 12.4 Å². The number of rotatable bonds is 5. The first-order chi connectivity index (χ1) is 10.8. The summed E-state index contributed by atoms with van der Waals surface area (Å²) in [4.78, 5) is 13.1. The van der Waals surface area contributed by atoms with Crippen LogP contribution in [0, 0.1) is 0 Å². The van der Waals surface area contributed by atoms with E-state index in [4.69, 9.17) is 4.74 Å². The number of carbonyl (C=O) groups is 1. The number of nitrogens with one attached hydrogen (secondary N) is 3. The molecule has 1 unspecified atom stereocenters. The van der Waals surface area contributed by atoms with Gasteiger partial charge in [-0.3, -0.25) is 10.4 Å². The number of carbonyl (C=O) groups excluding carboxylic acids is 1. The number of aromatic amines is 1. The highest BCUT2D eigenvalue weighted by Gasteiger charge is 2.18. The van der Waals surface area contributed by atoms with Crippen LogP contribution in [0.25, 0.3) is 0 Å². The zero-order valence-electron chi connectivity index (χ0n) is 13.6. The first-order valence-electron chi connectivity index (χ1n) is 7.25. The summed E-state index contributed by atoms with van der Waals surface area (Å²) in [5, 5.41) is 14.9. The Morgan fingerprint density at radius 1 is 1.52 bits per heavy atom. The van der Waals surface area contributed by atoms with Gasteiger partial charge in [0.2, 0.25) is 0 Å². The van der Waals surface area contributed by atoms with Crippen LogP contribution in [-0.4, -0.2) is 21.9 Å². The molecule has 0 fully saturated rings. The Hall–Kier alpha value is -1.38. The van der Waals surface area contributed by atoms with Crippen LogP contribution in [0.15, 0.2) is 22.1 Å². The predicted molar refractivity (Wildman–Crippen MR) is 95.7 cm³/mol. The number of hydrogen-bond acceptors (Lipinski definition) is 5. The molecule has 0 radical (unpaired) electrons. The lowest BCUT2D eigenvalue weighted by molar-refractivity contribution is 0.0635. The molecule has 126 valence electrons. The molecule has 2 aromatic heterocycles. The minimum atomic E-state index is -0.539. The van der Waals surface area contributed by atoms with Crippen LogP contribution in [0.1, 0.15) is 44.2 Å². The van der Waals surface area contributed by atoms with Gasteiger partial charge >= 0.3 is 6.09 Å². The molecule has 0 aliphatic rings. The smallest absolute Gasteiger partial charge is 0.413 e. The Morgan fingerprint density at radius 3 is 2.87 bits per heavy atom. The molecule has 6 nitrogen and oxygen atoms in total. The summed E-state index contributed by atoms with van der Waals surface area (Å²) in [7, 11) is 0. The predicted octanol–water partition coefficient (Wildman–Crippen LogP) is 4.43. The monoisotopic (exact) mass is 400 g/mol. The second-order valence-electron chi connectivity index (χ2n) is 6.13. The lowest BCUT2D eigenvalue weighted by Crippen LogP contribution is -2.28. The summed E-state index contributed by atoms with van der Waals surface area (Å²) in [5.74, 6) is 0.546. The molecule has 2 aromatic rings. The van der Waals surface area contributed by atoms with Gasteiger partial charge < -0.3 is 10.1 Å². The van der Waals surface area contributed by atoms with Crippen molar-refractivity contribution < 1.29 is 9.53 Å². The number of anilines is 1. The van der Waals surface area contributed by atoms with Crippen molar-refractivity contribution in [2.24, 2.45) is 0 Å². The number of nitrogens with zero attached hydrogens (tertiary/aromatic N) is 1. The van der Waals surface area contributed by atoms with Gasteiger partial charge in [0, 0.05) is 27.5 Å². The molecule has 3 N–H and O–H groups in total. The third-order valence-corrected chi connectivity index (χ3v) is 5.03. The topological polar surface area (TPSA) is 79.0 Å². The van der Waals surface area contributed by atoms with Crippen LogP contribution < -0.4 is 10.6 Å². The number of H-pyrrole nitrogens is 1. The van der Waals surface area contributed by atoms with E-state index in [-0.39, 0.29) is 6.04 Å². The van der Waals surface area contributed by atoms with Crippen molar-refractivity contribution in [1.29, 1.82) is 0 Å². The van der Waals surface area contributed by atoms with E-state index in [2.05, 4.69) is 43.7 Å². The molecular weight excluding hydrogens is 380 g/mol. The van der Waals surface area contributed by atoms with E-state index in [1.54, 1.807) is 17.5 Å². The van der Waals surface area contributed by atoms with Gasteiger partial charge in [-0.2, -0.15) is 5.10 Å².